The fourth-order valence-electron chi connectivity index (χ4n) is 3.88. The lowest BCUT2D eigenvalue weighted by Crippen LogP contribution is -2.49. The Morgan fingerprint density at radius 3 is 2.25 bits per heavy atom. The Morgan fingerprint density at radius 2 is 1.59 bits per heavy atom. The molecule has 170 valence electrons. The number of likely N-dealkylation sites (tertiary alicyclic amines) is 1. The van der Waals surface area contributed by atoms with Gasteiger partial charge in [0, 0.05) is 18.6 Å². The smallest absolute Gasteiger partial charge is 0.338 e. The van der Waals surface area contributed by atoms with Crippen molar-refractivity contribution in [2.24, 2.45) is 0 Å². The third-order valence-electron chi connectivity index (χ3n) is 5.60. The molecule has 2 unspecified atom stereocenters. The van der Waals surface area contributed by atoms with E-state index in [2.05, 4.69) is 19.2 Å². The predicted octanol–water partition coefficient (Wildman–Crippen LogP) is 3.33. The highest BCUT2D eigenvalue weighted by Crippen LogP contribution is 2.23. The molecular weight excluding hydrogens is 408 g/mol. The summed E-state index contributed by atoms with van der Waals surface area (Å²) < 4.78 is 10.7. The van der Waals surface area contributed by atoms with Crippen LogP contribution >= 0.6 is 0 Å². The second kappa shape index (κ2) is 11.3. The number of hydrogen-bond donors (Lipinski definition) is 1. The van der Waals surface area contributed by atoms with Crippen molar-refractivity contribution in [3.05, 3.63) is 65.7 Å². The van der Waals surface area contributed by atoms with E-state index in [1.54, 1.807) is 24.3 Å². The zero-order chi connectivity index (χ0) is 22.9. The molecule has 7 heteroatoms. The van der Waals surface area contributed by atoms with E-state index in [1.807, 2.05) is 35.2 Å². The van der Waals surface area contributed by atoms with Crippen molar-refractivity contribution in [1.29, 1.82) is 0 Å². The first-order valence-corrected chi connectivity index (χ1v) is 11.0. The molecule has 1 aliphatic heterocycles. The number of piperidine rings is 1. The van der Waals surface area contributed by atoms with Crippen LogP contribution in [0.1, 0.15) is 49.0 Å². The molecule has 1 aliphatic rings. The maximum Gasteiger partial charge on any atom is 0.338 e. The van der Waals surface area contributed by atoms with Crippen LogP contribution in [-0.4, -0.2) is 48.0 Å². The van der Waals surface area contributed by atoms with Crippen molar-refractivity contribution in [3.8, 4) is 5.75 Å². The Labute approximate surface area is 188 Å². The number of ether oxygens (including phenoxy) is 2. The Hall–Kier alpha value is -3.35. The standard InChI is InChI=1S/C25H30N2O5/c1-18-7-6-8-19(2)27(18)24(29)17-31-22-13-11-21(12-14-22)25(30)32-16-23(28)26-15-20-9-4-3-5-10-20/h3-5,9-14,18-19H,6-8,15-17H2,1-2H3,(H,26,28). The van der Waals surface area contributed by atoms with Crippen molar-refractivity contribution in [3.63, 3.8) is 0 Å². The summed E-state index contributed by atoms with van der Waals surface area (Å²) in [5.74, 6) is -0.511. The molecule has 1 fully saturated rings. The van der Waals surface area contributed by atoms with E-state index in [4.69, 9.17) is 9.47 Å². The monoisotopic (exact) mass is 438 g/mol. The number of esters is 1. The SMILES string of the molecule is CC1CCCC(C)N1C(=O)COc1ccc(C(=O)OCC(=O)NCc2ccccc2)cc1. The van der Waals surface area contributed by atoms with Gasteiger partial charge in [-0.1, -0.05) is 30.3 Å². The van der Waals surface area contributed by atoms with E-state index in [0.717, 1.165) is 24.8 Å². The lowest BCUT2D eigenvalue weighted by molar-refractivity contribution is -0.139. The van der Waals surface area contributed by atoms with Gasteiger partial charge in [0.1, 0.15) is 5.75 Å². The minimum atomic E-state index is -0.599. The van der Waals surface area contributed by atoms with Crippen LogP contribution in [0.2, 0.25) is 0 Å². The van der Waals surface area contributed by atoms with Crippen LogP contribution in [0.25, 0.3) is 0 Å². The summed E-state index contributed by atoms with van der Waals surface area (Å²) in [6, 6.07) is 16.2. The number of amides is 2. The number of benzene rings is 2. The molecular formula is C25H30N2O5. The minimum absolute atomic E-state index is 0.0327. The minimum Gasteiger partial charge on any atom is -0.484 e. The Morgan fingerprint density at radius 1 is 0.938 bits per heavy atom. The largest absolute Gasteiger partial charge is 0.484 e. The predicted molar refractivity (Wildman–Crippen MR) is 120 cm³/mol. The molecule has 0 radical (unpaired) electrons. The zero-order valence-corrected chi connectivity index (χ0v) is 18.6. The third kappa shape index (κ3) is 6.57. The van der Waals surface area contributed by atoms with Gasteiger partial charge in [-0.05, 0) is 62.9 Å². The normalized spacial score (nSPS) is 18.0. The maximum absolute atomic E-state index is 12.5. The molecule has 0 bridgehead atoms. The van der Waals surface area contributed by atoms with Gasteiger partial charge >= 0.3 is 5.97 Å². The number of carbonyl (C=O) groups is 3. The zero-order valence-electron chi connectivity index (χ0n) is 18.6. The van der Waals surface area contributed by atoms with Crippen molar-refractivity contribution in [2.45, 2.75) is 51.7 Å². The van der Waals surface area contributed by atoms with Crippen LogP contribution in [0, 0.1) is 0 Å². The summed E-state index contributed by atoms with van der Waals surface area (Å²) >= 11 is 0. The van der Waals surface area contributed by atoms with E-state index >= 15 is 0 Å². The highest BCUT2D eigenvalue weighted by atomic mass is 16.5. The van der Waals surface area contributed by atoms with Crippen LogP contribution in [0.5, 0.6) is 5.75 Å². The van der Waals surface area contributed by atoms with Gasteiger partial charge < -0.3 is 19.7 Å². The summed E-state index contributed by atoms with van der Waals surface area (Å²) in [6.45, 7) is 4.10. The molecule has 2 atom stereocenters. The molecule has 0 aliphatic carbocycles. The molecule has 2 aromatic rings. The number of nitrogens with zero attached hydrogens (tertiary/aromatic N) is 1. The first kappa shape index (κ1) is 23.3. The lowest BCUT2D eigenvalue weighted by Gasteiger charge is -2.38. The molecule has 0 aromatic heterocycles. The fourth-order valence-corrected chi connectivity index (χ4v) is 3.88. The summed E-state index contributed by atoms with van der Waals surface area (Å²) in [5.41, 5.74) is 1.27. The van der Waals surface area contributed by atoms with Gasteiger partial charge in [-0.15, -0.1) is 0 Å². The van der Waals surface area contributed by atoms with Gasteiger partial charge in [-0.2, -0.15) is 0 Å². The van der Waals surface area contributed by atoms with Crippen LogP contribution < -0.4 is 10.1 Å². The highest BCUT2D eigenvalue weighted by molar-refractivity contribution is 5.91. The van der Waals surface area contributed by atoms with E-state index in [9.17, 15) is 14.4 Å². The van der Waals surface area contributed by atoms with E-state index in [1.165, 1.54) is 0 Å². The molecule has 0 spiro atoms. The molecule has 1 saturated heterocycles. The van der Waals surface area contributed by atoms with Gasteiger partial charge in [0.05, 0.1) is 5.56 Å². The Bertz CT molecular complexity index is 904. The quantitative estimate of drug-likeness (QED) is 0.639. The molecule has 32 heavy (non-hydrogen) atoms. The maximum atomic E-state index is 12.5. The highest BCUT2D eigenvalue weighted by Gasteiger charge is 2.29. The summed E-state index contributed by atoms with van der Waals surface area (Å²) in [6.07, 6.45) is 3.16. The van der Waals surface area contributed by atoms with Gasteiger partial charge in [-0.25, -0.2) is 4.79 Å². The van der Waals surface area contributed by atoms with Crippen molar-refractivity contribution >= 4 is 17.8 Å². The third-order valence-corrected chi connectivity index (χ3v) is 5.60. The van der Waals surface area contributed by atoms with Crippen molar-refractivity contribution in [2.75, 3.05) is 13.2 Å². The summed E-state index contributed by atoms with van der Waals surface area (Å²) in [5, 5.41) is 2.70. The van der Waals surface area contributed by atoms with Gasteiger partial charge in [0.25, 0.3) is 11.8 Å². The summed E-state index contributed by atoms with van der Waals surface area (Å²) in [4.78, 5) is 38.5. The van der Waals surface area contributed by atoms with Gasteiger partial charge in [-0.3, -0.25) is 9.59 Å². The summed E-state index contributed by atoms with van der Waals surface area (Å²) in [7, 11) is 0. The van der Waals surface area contributed by atoms with E-state index < -0.39 is 5.97 Å². The van der Waals surface area contributed by atoms with Gasteiger partial charge in [0.15, 0.2) is 13.2 Å². The average molecular weight is 439 g/mol. The molecule has 0 saturated carbocycles. The average Bonchev–Trinajstić information content (AvgIpc) is 2.80. The topological polar surface area (TPSA) is 84.9 Å². The first-order chi connectivity index (χ1) is 15.4. The van der Waals surface area contributed by atoms with E-state index in [0.29, 0.717) is 17.9 Å². The van der Waals surface area contributed by atoms with Crippen LogP contribution in [-0.2, 0) is 20.9 Å². The van der Waals surface area contributed by atoms with Crippen molar-refractivity contribution in [1.82, 2.24) is 10.2 Å². The van der Waals surface area contributed by atoms with Crippen LogP contribution in [0.4, 0.5) is 0 Å². The van der Waals surface area contributed by atoms with Crippen LogP contribution in [0.3, 0.4) is 0 Å². The molecule has 7 nitrogen and oxygen atoms in total. The second-order valence-electron chi connectivity index (χ2n) is 8.08. The molecule has 2 aromatic carbocycles. The molecule has 1 N–H and O–H groups in total. The number of rotatable bonds is 8. The molecule has 1 heterocycles. The molecule has 3 rings (SSSR count). The van der Waals surface area contributed by atoms with Gasteiger partial charge in [0.2, 0.25) is 0 Å². The Kier molecular flexibility index (Phi) is 8.25. The van der Waals surface area contributed by atoms with E-state index in [-0.39, 0.29) is 37.1 Å². The number of hydrogen-bond acceptors (Lipinski definition) is 5. The number of nitrogens with one attached hydrogen (secondary N) is 1. The lowest BCUT2D eigenvalue weighted by atomic mass is 9.97. The molecule has 2 amide bonds. The number of carbonyl (C=O) groups excluding carboxylic acids is 3. The fraction of sp³-hybridized carbons (Fsp3) is 0.400. The van der Waals surface area contributed by atoms with Crippen LogP contribution in [0.15, 0.2) is 54.6 Å². The van der Waals surface area contributed by atoms with Crippen molar-refractivity contribution < 1.29 is 23.9 Å². The first-order valence-electron chi connectivity index (χ1n) is 11.0. The Balaban J connectivity index is 1.41. The second-order valence-corrected chi connectivity index (χ2v) is 8.08.